The average molecular weight is 472 g/mol. The van der Waals surface area contributed by atoms with Gasteiger partial charge in [-0.3, -0.25) is 9.59 Å². The topological polar surface area (TPSA) is 45.6 Å². The van der Waals surface area contributed by atoms with Crippen molar-refractivity contribution in [1.82, 2.24) is 14.4 Å². The summed E-state index contributed by atoms with van der Waals surface area (Å²) in [5.74, 6) is 0.0697. The Morgan fingerprint density at radius 3 is 2.44 bits per heavy atom. The molecule has 34 heavy (non-hydrogen) atoms. The molecule has 1 fully saturated rings. The van der Waals surface area contributed by atoms with Crippen molar-refractivity contribution in [2.45, 2.75) is 32.9 Å². The lowest BCUT2D eigenvalue weighted by Crippen LogP contribution is -2.55. The van der Waals surface area contributed by atoms with Gasteiger partial charge < -0.3 is 14.4 Å². The Bertz CT molecular complexity index is 1340. The molecule has 6 heteroatoms. The Morgan fingerprint density at radius 2 is 1.71 bits per heavy atom. The van der Waals surface area contributed by atoms with E-state index in [9.17, 15) is 9.59 Å². The number of thiophene rings is 1. The van der Waals surface area contributed by atoms with Crippen molar-refractivity contribution < 1.29 is 9.59 Å². The van der Waals surface area contributed by atoms with Gasteiger partial charge in [0.1, 0.15) is 10.5 Å². The first-order valence-corrected chi connectivity index (χ1v) is 12.6. The van der Waals surface area contributed by atoms with E-state index in [-0.39, 0.29) is 23.9 Å². The van der Waals surface area contributed by atoms with Crippen LogP contribution in [0.2, 0.25) is 0 Å². The fourth-order valence-corrected chi connectivity index (χ4v) is 5.92. The predicted octanol–water partition coefficient (Wildman–Crippen LogP) is 5.61. The second kappa shape index (κ2) is 9.11. The second-order valence-electron chi connectivity index (χ2n) is 9.08. The van der Waals surface area contributed by atoms with Crippen LogP contribution >= 0.6 is 11.3 Å². The Morgan fingerprint density at radius 1 is 0.971 bits per heavy atom. The molecule has 2 atom stereocenters. The van der Waals surface area contributed by atoms with Gasteiger partial charge in [0.2, 0.25) is 0 Å². The molecule has 2 amide bonds. The molecule has 4 aromatic rings. The Balaban J connectivity index is 1.40. The zero-order valence-corrected chi connectivity index (χ0v) is 20.6. The maximum atomic E-state index is 13.8. The van der Waals surface area contributed by atoms with Gasteiger partial charge in [0.15, 0.2) is 0 Å². The van der Waals surface area contributed by atoms with E-state index in [0.717, 1.165) is 21.3 Å². The maximum Gasteiger partial charge on any atom is 0.270 e. The second-order valence-corrected chi connectivity index (χ2v) is 9.98. The van der Waals surface area contributed by atoms with Crippen molar-refractivity contribution in [3.8, 4) is 0 Å². The molecule has 1 aliphatic rings. The zero-order chi connectivity index (χ0) is 23.8. The Hall–Kier alpha value is -3.38. The van der Waals surface area contributed by atoms with E-state index in [1.807, 2.05) is 72.2 Å². The van der Waals surface area contributed by atoms with Crippen molar-refractivity contribution in [1.29, 1.82) is 0 Å². The van der Waals surface area contributed by atoms with Crippen LogP contribution in [-0.2, 0) is 0 Å². The summed E-state index contributed by atoms with van der Waals surface area (Å²) in [5.41, 5.74) is 3.60. The van der Waals surface area contributed by atoms with E-state index in [2.05, 4.69) is 35.1 Å². The molecule has 0 bridgehead atoms. The number of benzene rings is 2. The number of nitrogens with zero attached hydrogens (tertiary/aromatic N) is 3. The molecule has 3 heterocycles. The van der Waals surface area contributed by atoms with Gasteiger partial charge in [-0.2, -0.15) is 0 Å². The third kappa shape index (κ3) is 3.92. The van der Waals surface area contributed by atoms with Gasteiger partial charge in [-0.15, -0.1) is 11.3 Å². The number of rotatable bonds is 4. The quantitative estimate of drug-likeness (QED) is 0.389. The van der Waals surface area contributed by atoms with Crippen LogP contribution in [0.15, 0.2) is 72.1 Å². The van der Waals surface area contributed by atoms with Gasteiger partial charge in [-0.1, -0.05) is 48.5 Å². The highest BCUT2D eigenvalue weighted by Gasteiger charge is 2.33. The van der Waals surface area contributed by atoms with Crippen LogP contribution in [0.4, 0.5) is 0 Å². The maximum absolute atomic E-state index is 13.8. The molecule has 2 aromatic heterocycles. The van der Waals surface area contributed by atoms with Crippen LogP contribution in [0.3, 0.4) is 0 Å². The van der Waals surface area contributed by atoms with Crippen molar-refractivity contribution in [2.24, 2.45) is 0 Å². The molecule has 2 aromatic carbocycles. The lowest BCUT2D eigenvalue weighted by atomic mass is 10.1. The van der Waals surface area contributed by atoms with Crippen LogP contribution in [0.5, 0.6) is 0 Å². The molecule has 0 radical (unpaired) electrons. The number of carbonyl (C=O) groups excluding carboxylic acids is 2. The number of hydrogen-bond acceptors (Lipinski definition) is 3. The normalized spacial score (nSPS) is 17.2. The van der Waals surface area contributed by atoms with E-state index in [1.165, 1.54) is 5.56 Å². The molecule has 5 rings (SSSR count). The number of hydrogen-bond donors (Lipinski definition) is 0. The molecular weight excluding hydrogens is 442 g/mol. The smallest absolute Gasteiger partial charge is 0.270 e. The summed E-state index contributed by atoms with van der Waals surface area (Å²) in [6, 6.07) is 22.1. The molecule has 5 nitrogen and oxygen atoms in total. The highest BCUT2D eigenvalue weighted by Crippen LogP contribution is 2.32. The van der Waals surface area contributed by atoms with Crippen LogP contribution < -0.4 is 0 Å². The van der Waals surface area contributed by atoms with Gasteiger partial charge in [-0.05, 0) is 55.5 Å². The molecule has 0 aliphatic carbocycles. The summed E-state index contributed by atoms with van der Waals surface area (Å²) in [7, 11) is 0. The number of aromatic nitrogens is 1. The lowest BCUT2D eigenvalue weighted by molar-refractivity contribution is 0.0408. The summed E-state index contributed by atoms with van der Waals surface area (Å²) in [5, 5.41) is 3.17. The molecule has 1 saturated heterocycles. The van der Waals surface area contributed by atoms with E-state index in [0.29, 0.717) is 25.3 Å². The van der Waals surface area contributed by atoms with Crippen molar-refractivity contribution >= 4 is 33.4 Å². The molecular formula is C28H29N3O2S. The standard InChI is InChI=1S/C28H29N3O2S/c1-19-9-7-8-12-24(19)26(32)30-15-14-29(18-20(30)2)27(33)25-17-23-13-16-34-28(23)31(25)21(3)22-10-5-4-6-11-22/h4-13,16-17,20-21H,14-15,18H2,1-3H3. The van der Waals surface area contributed by atoms with Crippen molar-refractivity contribution in [3.63, 3.8) is 0 Å². The number of aryl methyl sites for hydroxylation is 1. The summed E-state index contributed by atoms with van der Waals surface area (Å²) in [4.78, 5) is 31.9. The SMILES string of the molecule is Cc1ccccc1C(=O)N1CCN(C(=O)c2cc3ccsc3n2C(C)c2ccccc2)CC1C. The molecule has 174 valence electrons. The molecule has 1 aliphatic heterocycles. The van der Waals surface area contributed by atoms with E-state index < -0.39 is 0 Å². The third-order valence-electron chi connectivity index (χ3n) is 6.88. The Labute approximate surface area is 204 Å². The van der Waals surface area contributed by atoms with Crippen molar-refractivity contribution in [2.75, 3.05) is 19.6 Å². The monoisotopic (exact) mass is 471 g/mol. The summed E-state index contributed by atoms with van der Waals surface area (Å²) >= 11 is 1.66. The van der Waals surface area contributed by atoms with E-state index in [1.54, 1.807) is 11.3 Å². The number of fused-ring (bicyclic) bond motifs is 1. The van der Waals surface area contributed by atoms with Gasteiger partial charge in [0.05, 0.1) is 6.04 Å². The summed E-state index contributed by atoms with van der Waals surface area (Å²) in [6.45, 7) is 7.72. The van der Waals surface area contributed by atoms with Crippen molar-refractivity contribution in [3.05, 3.63) is 94.5 Å². The highest BCUT2D eigenvalue weighted by molar-refractivity contribution is 7.16. The van der Waals surface area contributed by atoms with Crippen LogP contribution in [0, 0.1) is 6.92 Å². The van der Waals surface area contributed by atoms with Gasteiger partial charge >= 0.3 is 0 Å². The van der Waals surface area contributed by atoms with Crippen LogP contribution in [0.25, 0.3) is 10.2 Å². The molecule has 2 unspecified atom stereocenters. The first-order chi connectivity index (χ1) is 16.5. The Kier molecular flexibility index (Phi) is 6.00. The van der Waals surface area contributed by atoms with Gasteiger partial charge in [-0.25, -0.2) is 0 Å². The fraction of sp³-hybridized carbons (Fsp3) is 0.286. The first kappa shape index (κ1) is 22.4. The number of piperazine rings is 1. The van der Waals surface area contributed by atoms with Crippen LogP contribution in [0.1, 0.15) is 51.9 Å². The lowest BCUT2D eigenvalue weighted by Gasteiger charge is -2.40. The number of carbonyl (C=O) groups is 2. The summed E-state index contributed by atoms with van der Waals surface area (Å²) in [6.07, 6.45) is 0. The highest BCUT2D eigenvalue weighted by atomic mass is 32.1. The minimum atomic E-state index is -0.0547. The largest absolute Gasteiger partial charge is 0.334 e. The first-order valence-electron chi connectivity index (χ1n) is 11.7. The zero-order valence-electron chi connectivity index (χ0n) is 19.8. The molecule has 0 saturated carbocycles. The third-order valence-corrected chi connectivity index (χ3v) is 7.81. The van der Waals surface area contributed by atoms with Gasteiger partial charge in [0.25, 0.3) is 11.8 Å². The van der Waals surface area contributed by atoms with E-state index >= 15 is 0 Å². The van der Waals surface area contributed by atoms with Crippen LogP contribution in [-0.4, -0.2) is 51.9 Å². The summed E-state index contributed by atoms with van der Waals surface area (Å²) < 4.78 is 2.17. The average Bonchev–Trinajstić information content (AvgIpc) is 3.45. The molecule has 0 spiro atoms. The predicted molar refractivity (Wildman–Crippen MR) is 138 cm³/mol. The van der Waals surface area contributed by atoms with E-state index in [4.69, 9.17) is 0 Å². The minimum Gasteiger partial charge on any atom is -0.334 e. The minimum absolute atomic E-state index is 0.0287. The fourth-order valence-electron chi connectivity index (χ4n) is 4.95. The molecule has 0 N–H and O–H groups in total. The van der Waals surface area contributed by atoms with Gasteiger partial charge in [0, 0.05) is 36.6 Å². The number of amides is 2.